The lowest BCUT2D eigenvalue weighted by molar-refractivity contribution is -0.132. The van der Waals surface area contributed by atoms with Crippen LogP contribution in [0, 0.1) is 0 Å². The molecule has 19 heavy (non-hydrogen) atoms. The second-order valence-corrected chi connectivity index (χ2v) is 5.49. The zero-order valence-electron chi connectivity index (χ0n) is 11.7. The molecule has 2 atom stereocenters. The monoisotopic (exact) mass is 265 g/mol. The molecule has 0 radical (unpaired) electrons. The summed E-state index contributed by atoms with van der Waals surface area (Å²) in [6.07, 6.45) is 7.46. The molecule has 1 saturated heterocycles. The van der Waals surface area contributed by atoms with Crippen molar-refractivity contribution in [3.63, 3.8) is 0 Å². The standard InChI is InChI=1S/C14H23N3O2/c1-11(18)8-13-4-3-7-17(13)14(19)6-5-12-9-15-16(2)10-12/h9-11,13,18H,3-8H2,1-2H3. The van der Waals surface area contributed by atoms with E-state index in [0.717, 1.165) is 31.4 Å². The van der Waals surface area contributed by atoms with Crippen LogP contribution in [0.15, 0.2) is 12.4 Å². The second-order valence-electron chi connectivity index (χ2n) is 5.49. The van der Waals surface area contributed by atoms with E-state index in [2.05, 4.69) is 5.10 Å². The molecule has 2 unspecified atom stereocenters. The Hall–Kier alpha value is -1.36. The number of hydrogen-bond donors (Lipinski definition) is 1. The van der Waals surface area contributed by atoms with Crippen LogP contribution in [0.5, 0.6) is 0 Å². The lowest BCUT2D eigenvalue weighted by atomic mass is 10.1. The highest BCUT2D eigenvalue weighted by Gasteiger charge is 2.28. The van der Waals surface area contributed by atoms with Gasteiger partial charge in [0.15, 0.2) is 0 Å². The maximum Gasteiger partial charge on any atom is 0.223 e. The molecule has 2 rings (SSSR count). The summed E-state index contributed by atoms with van der Waals surface area (Å²) in [6.45, 7) is 2.62. The Balaban J connectivity index is 1.85. The molecule has 1 aliphatic rings. The largest absolute Gasteiger partial charge is 0.393 e. The quantitative estimate of drug-likeness (QED) is 0.868. The van der Waals surface area contributed by atoms with E-state index in [4.69, 9.17) is 0 Å². The van der Waals surface area contributed by atoms with E-state index in [0.29, 0.717) is 12.8 Å². The molecule has 1 amide bonds. The third kappa shape index (κ3) is 3.80. The molecule has 0 aliphatic carbocycles. The van der Waals surface area contributed by atoms with Crippen molar-refractivity contribution >= 4 is 5.91 Å². The van der Waals surface area contributed by atoms with Gasteiger partial charge in [-0.2, -0.15) is 5.10 Å². The van der Waals surface area contributed by atoms with Gasteiger partial charge >= 0.3 is 0 Å². The van der Waals surface area contributed by atoms with Gasteiger partial charge in [0.2, 0.25) is 5.91 Å². The van der Waals surface area contributed by atoms with Gasteiger partial charge in [-0.1, -0.05) is 0 Å². The first kappa shape index (κ1) is 14.1. The molecule has 1 aliphatic heterocycles. The fourth-order valence-corrected chi connectivity index (χ4v) is 2.80. The minimum absolute atomic E-state index is 0.201. The average molecular weight is 265 g/mol. The van der Waals surface area contributed by atoms with Gasteiger partial charge in [0.1, 0.15) is 0 Å². The number of nitrogens with zero attached hydrogens (tertiary/aromatic N) is 3. The van der Waals surface area contributed by atoms with Crippen LogP contribution in [0.25, 0.3) is 0 Å². The third-order valence-corrected chi connectivity index (χ3v) is 3.70. The van der Waals surface area contributed by atoms with Gasteiger partial charge < -0.3 is 10.0 Å². The van der Waals surface area contributed by atoms with Crippen molar-refractivity contribution in [2.45, 2.75) is 51.2 Å². The first-order valence-corrected chi connectivity index (χ1v) is 7.01. The fraction of sp³-hybridized carbons (Fsp3) is 0.714. The summed E-state index contributed by atoms with van der Waals surface area (Å²) in [4.78, 5) is 14.2. The van der Waals surface area contributed by atoms with Crippen LogP contribution in [0.4, 0.5) is 0 Å². The number of aromatic nitrogens is 2. The molecule has 2 heterocycles. The smallest absolute Gasteiger partial charge is 0.223 e. The van der Waals surface area contributed by atoms with Crippen molar-refractivity contribution in [2.24, 2.45) is 7.05 Å². The molecule has 1 aromatic heterocycles. The molecule has 0 spiro atoms. The minimum atomic E-state index is -0.336. The van der Waals surface area contributed by atoms with E-state index in [1.165, 1.54) is 0 Å². The molecule has 5 nitrogen and oxygen atoms in total. The molecule has 5 heteroatoms. The highest BCUT2D eigenvalue weighted by atomic mass is 16.3. The number of carbonyl (C=O) groups is 1. The second kappa shape index (κ2) is 6.19. The Morgan fingerprint density at radius 3 is 3.05 bits per heavy atom. The average Bonchev–Trinajstić information content (AvgIpc) is 2.94. The highest BCUT2D eigenvalue weighted by molar-refractivity contribution is 5.77. The van der Waals surface area contributed by atoms with Gasteiger partial charge in [0.25, 0.3) is 0 Å². The summed E-state index contributed by atoms with van der Waals surface area (Å²) in [5.41, 5.74) is 1.10. The maximum absolute atomic E-state index is 12.2. The van der Waals surface area contributed by atoms with Crippen molar-refractivity contribution < 1.29 is 9.90 Å². The highest BCUT2D eigenvalue weighted by Crippen LogP contribution is 2.22. The molecular formula is C14H23N3O2. The summed E-state index contributed by atoms with van der Waals surface area (Å²) in [6, 6.07) is 0.224. The Morgan fingerprint density at radius 2 is 2.42 bits per heavy atom. The Morgan fingerprint density at radius 1 is 1.63 bits per heavy atom. The van der Waals surface area contributed by atoms with E-state index in [9.17, 15) is 9.90 Å². The van der Waals surface area contributed by atoms with Crippen LogP contribution >= 0.6 is 0 Å². The number of carbonyl (C=O) groups excluding carboxylic acids is 1. The Bertz CT molecular complexity index is 428. The molecule has 0 saturated carbocycles. The van der Waals surface area contributed by atoms with Crippen LogP contribution < -0.4 is 0 Å². The minimum Gasteiger partial charge on any atom is -0.393 e. The van der Waals surface area contributed by atoms with Crippen LogP contribution in [-0.4, -0.2) is 44.4 Å². The summed E-state index contributed by atoms with van der Waals surface area (Å²) in [7, 11) is 1.88. The topological polar surface area (TPSA) is 58.4 Å². The zero-order valence-corrected chi connectivity index (χ0v) is 11.7. The molecule has 106 valence electrons. The van der Waals surface area contributed by atoms with Crippen LogP contribution in [0.3, 0.4) is 0 Å². The Labute approximate surface area is 114 Å². The van der Waals surface area contributed by atoms with Crippen molar-refractivity contribution in [3.8, 4) is 0 Å². The molecule has 1 fully saturated rings. The van der Waals surface area contributed by atoms with E-state index in [1.807, 2.05) is 24.3 Å². The first-order valence-electron chi connectivity index (χ1n) is 7.01. The number of aliphatic hydroxyl groups is 1. The maximum atomic E-state index is 12.2. The molecule has 0 bridgehead atoms. The SMILES string of the molecule is CC(O)CC1CCCN1C(=O)CCc1cnn(C)c1. The van der Waals surface area contributed by atoms with Crippen LogP contribution in [0.1, 0.15) is 38.2 Å². The number of hydrogen-bond acceptors (Lipinski definition) is 3. The van der Waals surface area contributed by atoms with Crippen molar-refractivity contribution in [1.82, 2.24) is 14.7 Å². The summed E-state index contributed by atoms with van der Waals surface area (Å²) in [5.74, 6) is 0.201. The van der Waals surface area contributed by atoms with Crippen molar-refractivity contribution in [3.05, 3.63) is 18.0 Å². The zero-order chi connectivity index (χ0) is 13.8. The molecule has 1 N–H and O–H groups in total. The predicted molar refractivity (Wildman–Crippen MR) is 72.6 cm³/mol. The van der Waals surface area contributed by atoms with Crippen LogP contribution in [-0.2, 0) is 18.3 Å². The van der Waals surface area contributed by atoms with Crippen molar-refractivity contribution in [1.29, 1.82) is 0 Å². The van der Waals surface area contributed by atoms with E-state index >= 15 is 0 Å². The predicted octanol–water partition coefficient (Wildman–Crippen LogP) is 1.11. The lowest BCUT2D eigenvalue weighted by Gasteiger charge is -2.25. The number of aryl methyl sites for hydroxylation is 2. The normalized spacial score (nSPS) is 20.8. The van der Waals surface area contributed by atoms with Gasteiger partial charge in [0.05, 0.1) is 12.3 Å². The molecule has 1 aromatic rings. The van der Waals surface area contributed by atoms with Gasteiger partial charge in [-0.15, -0.1) is 0 Å². The fourth-order valence-electron chi connectivity index (χ4n) is 2.80. The van der Waals surface area contributed by atoms with E-state index < -0.39 is 0 Å². The van der Waals surface area contributed by atoms with E-state index in [1.54, 1.807) is 11.6 Å². The number of amides is 1. The third-order valence-electron chi connectivity index (χ3n) is 3.70. The van der Waals surface area contributed by atoms with Crippen molar-refractivity contribution in [2.75, 3.05) is 6.54 Å². The molecular weight excluding hydrogens is 242 g/mol. The van der Waals surface area contributed by atoms with Gasteiger partial charge in [-0.25, -0.2) is 0 Å². The van der Waals surface area contributed by atoms with Gasteiger partial charge in [-0.3, -0.25) is 9.48 Å². The summed E-state index contributed by atoms with van der Waals surface area (Å²) in [5, 5.41) is 13.6. The first-order chi connectivity index (χ1) is 9.06. The summed E-state index contributed by atoms with van der Waals surface area (Å²) < 4.78 is 1.76. The lowest BCUT2D eigenvalue weighted by Crippen LogP contribution is -2.37. The number of likely N-dealkylation sites (tertiary alicyclic amines) is 1. The van der Waals surface area contributed by atoms with Gasteiger partial charge in [-0.05, 0) is 38.2 Å². The van der Waals surface area contributed by atoms with Crippen LogP contribution in [0.2, 0.25) is 0 Å². The Kier molecular flexibility index (Phi) is 4.58. The number of aliphatic hydroxyl groups excluding tert-OH is 1. The number of rotatable bonds is 5. The summed E-state index contributed by atoms with van der Waals surface area (Å²) >= 11 is 0. The van der Waals surface area contributed by atoms with Gasteiger partial charge in [0, 0.05) is 32.3 Å². The molecule has 0 aromatic carbocycles. The van der Waals surface area contributed by atoms with E-state index in [-0.39, 0.29) is 18.1 Å².